The van der Waals surface area contributed by atoms with Gasteiger partial charge in [0.2, 0.25) is 10.0 Å². The number of benzene rings is 1. The largest absolute Gasteiger partial charge is 0.416 e. The quantitative estimate of drug-likeness (QED) is 0.896. The highest BCUT2D eigenvalue weighted by atomic mass is 32.2. The molecule has 0 bridgehead atoms. The first-order valence-electron chi connectivity index (χ1n) is 6.63. The van der Waals surface area contributed by atoms with Crippen molar-refractivity contribution in [3.05, 3.63) is 29.8 Å². The van der Waals surface area contributed by atoms with Crippen LogP contribution in [0.2, 0.25) is 0 Å². The van der Waals surface area contributed by atoms with E-state index in [9.17, 15) is 21.6 Å². The van der Waals surface area contributed by atoms with E-state index in [4.69, 9.17) is 5.73 Å². The molecule has 4 nitrogen and oxygen atoms in total. The zero-order valence-corrected chi connectivity index (χ0v) is 12.0. The van der Waals surface area contributed by atoms with Crippen LogP contribution in [-0.2, 0) is 16.2 Å². The molecule has 0 amide bonds. The van der Waals surface area contributed by atoms with Gasteiger partial charge in [-0.15, -0.1) is 0 Å². The zero-order valence-electron chi connectivity index (χ0n) is 11.2. The van der Waals surface area contributed by atoms with Crippen LogP contribution in [0.15, 0.2) is 29.2 Å². The highest BCUT2D eigenvalue weighted by molar-refractivity contribution is 7.89. The van der Waals surface area contributed by atoms with Crippen molar-refractivity contribution in [3.8, 4) is 0 Å². The van der Waals surface area contributed by atoms with E-state index >= 15 is 0 Å². The lowest BCUT2D eigenvalue weighted by Crippen LogP contribution is -2.40. The first-order chi connectivity index (χ1) is 9.68. The second kappa shape index (κ2) is 5.94. The Morgan fingerprint density at radius 1 is 1.14 bits per heavy atom. The number of alkyl halides is 3. The van der Waals surface area contributed by atoms with Gasteiger partial charge in [0.15, 0.2) is 0 Å². The standard InChI is InChI=1S/C13H17F3N2O2S/c14-13(15,16)9-2-1-3-12(8-9)21(19,20)18-11-6-4-10(17)5-7-11/h1-3,8,10-11,18H,4-7,17H2. The van der Waals surface area contributed by atoms with Gasteiger partial charge in [0.05, 0.1) is 10.5 Å². The molecule has 0 unspecified atom stereocenters. The van der Waals surface area contributed by atoms with Gasteiger partial charge in [-0.3, -0.25) is 0 Å². The van der Waals surface area contributed by atoms with Gasteiger partial charge >= 0.3 is 6.18 Å². The fourth-order valence-electron chi connectivity index (χ4n) is 2.36. The van der Waals surface area contributed by atoms with Crippen molar-refractivity contribution < 1.29 is 21.6 Å². The lowest BCUT2D eigenvalue weighted by Gasteiger charge is -2.26. The molecule has 0 atom stereocenters. The molecular weight excluding hydrogens is 305 g/mol. The average molecular weight is 322 g/mol. The summed E-state index contributed by atoms with van der Waals surface area (Å²) < 4.78 is 64.6. The summed E-state index contributed by atoms with van der Waals surface area (Å²) in [4.78, 5) is -0.368. The molecule has 118 valence electrons. The molecule has 0 spiro atoms. The summed E-state index contributed by atoms with van der Waals surface area (Å²) in [5, 5.41) is 0. The molecule has 1 saturated carbocycles. The van der Waals surface area contributed by atoms with Crippen molar-refractivity contribution in [3.63, 3.8) is 0 Å². The van der Waals surface area contributed by atoms with Gasteiger partial charge in [0.25, 0.3) is 0 Å². The van der Waals surface area contributed by atoms with Crippen molar-refractivity contribution in [2.24, 2.45) is 5.73 Å². The predicted molar refractivity (Wildman–Crippen MR) is 72.0 cm³/mol. The maximum absolute atomic E-state index is 12.6. The van der Waals surface area contributed by atoms with Crippen LogP contribution < -0.4 is 10.5 Å². The first-order valence-corrected chi connectivity index (χ1v) is 8.12. The third-order valence-corrected chi connectivity index (χ3v) is 5.08. The van der Waals surface area contributed by atoms with Crippen LogP contribution in [0.4, 0.5) is 13.2 Å². The van der Waals surface area contributed by atoms with E-state index in [0.29, 0.717) is 31.7 Å². The highest BCUT2D eigenvalue weighted by Crippen LogP contribution is 2.30. The minimum Gasteiger partial charge on any atom is -0.328 e. The van der Waals surface area contributed by atoms with Gasteiger partial charge in [-0.2, -0.15) is 13.2 Å². The maximum atomic E-state index is 12.6. The number of hydrogen-bond acceptors (Lipinski definition) is 3. The summed E-state index contributed by atoms with van der Waals surface area (Å²) in [5.41, 5.74) is 4.76. The lowest BCUT2D eigenvalue weighted by atomic mass is 9.93. The molecule has 0 aliphatic heterocycles. The zero-order chi connectivity index (χ0) is 15.7. The Balaban J connectivity index is 2.16. The average Bonchev–Trinajstić information content (AvgIpc) is 2.40. The van der Waals surface area contributed by atoms with E-state index in [1.165, 1.54) is 0 Å². The summed E-state index contributed by atoms with van der Waals surface area (Å²) in [6.07, 6.45) is -1.96. The minimum atomic E-state index is -4.57. The Kier molecular flexibility index (Phi) is 4.60. The summed E-state index contributed by atoms with van der Waals surface area (Å²) >= 11 is 0. The van der Waals surface area contributed by atoms with E-state index in [1.54, 1.807) is 0 Å². The molecule has 2 rings (SSSR count). The van der Waals surface area contributed by atoms with Crippen LogP contribution in [0.1, 0.15) is 31.2 Å². The SMILES string of the molecule is NC1CCC(NS(=O)(=O)c2cccc(C(F)(F)F)c2)CC1. The van der Waals surface area contributed by atoms with Gasteiger partial charge in [0.1, 0.15) is 0 Å². The van der Waals surface area contributed by atoms with Crippen molar-refractivity contribution in [1.29, 1.82) is 0 Å². The fraction of sp³-hybridized carbons (Fsp3) is 0.538. The number of nitrogens with two attached hydrogens (primary N) is 1. The molecule has 0 saturated heterocycles. The van der Waals surface area contributed by atoms with Gasteiger partial charge in [-0.1, -0.05) is 6.07 Å². The van der Waals surface area contributed by atoms with Crippen LogP contribution in [0, 0.1) is 0 Å². The van der Waals surface area contributed by atoms with E-state index in [0.717, 1.165) is 18.2 Å². The summed E-state index contributed by atoms with van der Waals surface area (Å²) in [5.74, 6) is 0. The van der Waals surface area contributed by atoms with Gasteiger partial charge < -0.3 is 5.73 Å². The number of hydrogen-bond donors (Lipinski definition) is 2. The van der Waals surface area contributed by atoms with Crippen LogP contribution in [-0.4, -0.2) is 20.5 Å². The molecule has 0 aromatic heterocycles. The second-order valence-electron chi connectivity index (χ2n) is 5.26. The predicted octanol–water partition coefficient (Wildman–Crippen LogP) is 2.25. The van der Waals surface area contributed by atoms with E-state index in [2.05, 4.69) is 4.72 Å². The van der Waals surface area contributed by atoms with E-state index in [1.807, 2.05) is 0 Å². The van der Waals surface area contributed by atoms with Crippen molar-refractivity contribution >= 4 is 10.0 Å². The van der Waals surface area contributed by atoms with Crippen molar-refractivity contribution in [2.75, 3.05) is 0 Å². The monoisotopic (exact) mass is 322 g/mol. The molecule has 1 aliphatic carbocycles. The van der Waals surface area contributed by atoms with E-state index < -0.39 is 21.8 Å². The third-order valence-electron chi connectivity index (χ3n) is 3.57. The topological polar surface area (TPSA) is 72.2 Å². The van der Waals surface area contributed by atoms with Gasteiger partial charge in [0, 0.05) is 12.1 Å². The maximum Gasteiger partial charge on any atom is 0.416 e. The van der Waals surface area contributed by atoms with Gasteiger partial charge in [-0.25, -0.2) is 13.1 Å². The smallest absolute Gasteiger partial charge is 0.328 e. The molecule has 1 aromatic carbocycles. The Morgan fingerprint density at radius 3 is 2.33 bits per heavy atom. The number of rotatable bonds is 3. The van der Waals surface area contributed by atoms with E-state index in [-0.39, 0.29) is 17.0 Å². The number of halogens is 3. The second-order valence-corrected chi connectivity index (χ2v) is 6.97. The van der Waals surface area contributed by atoms with Crippen LogP contribution in [0.5, 0.6) is 0 Å². The Labute approximate surface area is 121 Å². The summed E-state index contributed by atoms with van der Waals surface area (Å²) in [6, 6.07) is 3.54. The normalized spacial score (nSPS) is 24.0. The molecule has 1 aliphatic rings. The molecule has 1 aromatic rings. The number of nitrogens with one attached hydrogen (secondary N) is 1. The molecule has 0 heterocycles. The lowest BCUT2D eigenvalue weighted by molar-refractivity contribution is -0.137. The Bertz CT molecular complexity index is 594. The third kappa shape index (κ3) is 4.18. The molecule has 1 fully saturated rings. The first kappa shape index (κ1) is 16.3. The van der Waals surface area contributed by atoms with Crippen LogP contribution >= 0.6 is 0 Å². The number of sulfonamides is 1. The van der Waals surface area contributed by atoms with Crippen molar-refractivity contribution in [2.45, 2.75) is 48.8 Å². The highest BCUT2D eigenvalue weighted by Gasteiger charge is 2.32. The Morgan fingerprint density at radius 2 is 1.76 bits per heavy atom. The minimum absolute atomic E-state index is 0.0688. The molecule has 0 radical (unpaired) electrons. The fourth-order valence-corrected chi connectivity index (χ4v) is 3.71. The summed E-state index contributed by atoms with van der Waals surface area (Å²) in [7, 11) is -3.95. The Hall–Kier alpha value is -1.12. The molecule has 3 N–H and O–H groups in total. The van der Waals surface area contributed by atoms with Gasteiger partial charge in [-0.05, 0) is 43.9 Å². The molecular formula is C13H17F3N2O2S. The molecule has 21 heavy (non-hydrogen) atoms. The summed E-state index contributed by atoms with van der Waals surface area (Å²) in [6.45, 7) is 0. The van der Waals surface area contributed by atoms with Crippen LogP contribution in [0.25, 0.3) is 0 Å². The van der Waals surface area contributed by atoms with Crippen molar-refractivity contribution in [1.82, 2.24) is 4.72 Å². The molecule has 8 heteroatoms. The van der Waals surface area contributed by atoms with Crippen LogP contribution in [0.3, 0.4) is 0 Å².